The van der Waals surface area contributed by atoms with Crippen LogP contribution in [0.4, 0.5) is 15.8 Å². The van der Waals surface area contributed by atoms with Crippen LogP contribution in [-0.4, -0.2) is 24.0 Å². The molecule has 0 radical (unpaired) electrons. The van der Waals surface area contributed by atoms with Crippen LogP contribution in [0, 0.1) is 5.82 Å². The van der Waals surface area contributed by atoms with Crippen molar-refractivity contribution in [3.63, 3.8) is 0 Å². The Labute approximate surface area is 116 Å². The molecule has 0 bridgehead atoms. The zero-order chi connectivity index (χ0) is 13.9. The molecule has 3 N–H and O–H groups in total. The lowest BCUT2D eigenvalue weighted by Gasteiger charge is -2.09. The summed E-state index contributed by atoms with van der Waals surface area (Å²) in [4.78, 5) is 4.26. The number of benzene rings is 2. The Hall–Kier alpha value is -2.56. The van der Waals surface area contributed by atoms with Gasteiger partial charge in [0.05, 0.1) is 12.2 Å². The molecule has 0 saturated carbocycles. The van der Waals surface area contributed by atoms with Crippen LogP contribution in [-0.2, 0) is 0 Å². The fourth-order valence-corrected chi connectivity index (χ4v) is 2.06. The number of anilines is 2. The van der Waals surface area contributed by atoms with E-state index in [-0.39, 0.29) is 11.6 Å². The van der Waals surface area contributed by atoms with E-state index in [4.69, 9.17) is 0 Å². The quantitative estimate of drug-likeness (QED) is 0.752. The minimum absolute atomic E-state index is 0.177. The Morgan fingerprint density at radius 3 is 2.60 bits per heavy atom. The van der Waals surface area contributed by atoms with Gasteiger partial charge in [-0.25, -0.2) is 4.39 Å². The molecule has 1 aliphatic heterocycles. The monoisotopic (exact) mass is 271 g/mol. The number of nitrogens with zero attached hydrogens (tertiary/aromatic N) is 1. The average Bonchev–Trinajstić information content (AvgIpc) is 2.97. The van der Waals surface area contributed by atoms with Crippen molar-refractivity contribution in [2.45, 2.75) is 0 Å². The summed E-state index contributed by atoms with van der Waals surface area (Å²) in [7, 11) is 0. The maximum Gasteiger partial charge on any atom is 0.147 e. The van der Waals surface area contributed by atoms with Crippen molar-refractivity contribution in [1.29, 1.82) is 0 Å². The number of rotatable bonds is 3. The van der Waals surface area contributed by atoms with E-state index in [1.807, 2.05) is 6.07 Å². The largest absolute Gasteiger partial charge is 0.508 e. The van der Waals surface area contributed by atoms with Gasteiger partial charge >= 0.3 is 0 Å². The molecular weight excluding hydrogens is 257 g/mol. The number of nitrogens with one attached hydrogen (secondary N) is 2. The van der Waals surface area contributed by atoms with Gasteiger partial charge in [-0.15, -0.1) is 0 Å². The van der Waals surface area contributed by atoms with E-state index >= 15 is 0 Å². The minimum Gasteiger partial charge on any atom is -0.508 e. The molecule has 3 rings (SSSR count). The lowest BCUT2D eigenvalue weighted by molar-refractivity contribution is 0.475. The molecule has 0 atom stereocenters. The van der Waals surface area contributed by atoms with Crippen LogP contribution < -0.4 is 10.6 Å². The molecule has 0 fully saturated rings. The van der Waals surface area contributed by atoms with E-state index in [0.29, 0.717) is 11.4 Å². The number of aromatic hydroxyl groups is 1. The summed E-state index contributed by atoms with van der Waals surface area (Å²) < 4.78 is 14.1. The Kier molecular flexibility index (Phi) is 3.25. The predicted molar refractivity (Wildman–Crippen MR) is 77.2 cm³/mol. The number of halogens is 1. The number of phenols is 1. The first kappa shape index (κ1) is 12.5. The first-order chi connectivity index (χ1) is 9.72. The zero-order valence-corrected chi connectivity index (χ0v) is 10.7. The highest BCUT2D eigenvalue weighted by molar-refractivity contribution is 6.00. The van der Waals surface area contributed by atoms with E-state index in [9.17, 15) is 9.50 Å². The topological polar surface area (TPSA) is 56.6 Å². The molecule has 20 heavy (non-hydrogen) atoms. The Morgan fingerprint density at radius 1 is 1.15 bits per heavy atom. The molecule has 5 heteroatoms. The normalized spacial score (nSPS) is 13.8. The summed E-state index contributed by atoms with van der Waals surface area (Å²) in [5, 5.41) is 15.3. The van der Waals surface area contributed by atoms with Gasteiger partial charge in [0.2, 0.25) is 0 Å². The van der Waals surface area contributed by atoms with E-state index < -0.39 is 0 Å². The van der Waals surface area contributed by atoms with Crippen LogP contribution in [0.1, 0.15) is 5.56 Å². The summed E-state index contributed by atoms with van der Waals surface area (Å²) in [5.41, 5.74) is 1.85. The molecule has 102 valence electrons. The first-order valence-electron chi connectivity index (χ1n) is 6.37. The molecule has 4 nitrogen and oxygen atoms in total. The van der Waals surface area contributed by atoms with Crippen LogP contribution in [0.25, 0.3) is 0 Å². The van der Waals surface area contributed by atoms with Gasteiger partial charge in [0.25, 0.3) is 0 Å². The predicted octanol–water partition coefficient (Wildman–Crippen LogP) is 2.62. The number of amidine groups is 1. The molecule has 0 aromatic heterocycles. The highest BCUT2D eigenvalue weighted by atomic mass is 19.1. The summed E-state index contributed by atoms with van der Waals surface area (Å²) >= 11 is 0. The summed E-state index contributed by atoms with van der Waals surface area (Å²) in [6.45, 7) is 1.52. The SMILES string of the molecule is Oc1ccc(Nc2ccc(C3=NCCN3)cc2F)cc1. The Balaban J connectivity index is 1.82. The van der Waals surface area contributed by atoms with Gasteiger partial charge in [0, 0.05) is 17.8 Å². The van der Waals surface area contributed by atoms with Gasteiger partial charge in [-0.2, -0.15) is 0 Å². The van der Waals surface area contributed by atoms with Crippen LogP contribution in [0.3, 0.4) is 0 Å². The summed E-state index contributed by atoms with van der Waals surface area (Å²) in [6, 6.07) is 11.4. The van der Waals surface area contributed by atoms with Crippen molar-refractivity contribution < 1.29 is 9.50 Å². The second-order valence-electron chi connectivity index (χ2n) is 4.52. The van der Waals surface area contributed by atoms with Crippen LogP contribution in [0.2, 0.25) is 0 Å². The smallest absolute Gasteiger partial charge is 0.147 e. The van der Waals surface area contributed by atoms with Gasteiger partial charge in [-0.3, -0.25) is 4.99 Å². The van der Waals surface area contributed by atoms with Crippen molar-refractivity contribution in [3.05, 3.63) is 53.8 Å². The number of aliphatic imine (C=N–C) groups is 1. The summed E-state index contributed by atoms with van der Waals surface area (Å²) in [5.74, 6) is 0.573. The molecule has 0 saturated heterocycles. The first-order valence-corrected chi connectivity index (χ1v) is 6.37. The fourth-order valence-electron chi connectivity index (χ4n) is 2.06. The highest BCUT2D eigenvalue weighted by Crippen LogP contribution is 2.22. The third kappa shape index (κ3) is 2.56. The summed E-state index contributed by atoms with van der Waals surface area (Å²) in [6.07, 6.45) is 0. The van der Waals surface area contributed by atoms with E-state index in [1.54, 1.807) is 30.3 Å². The molecule has 2 aromatic rings. The fraction of sp³-hybridized carbons (Fsp3) is 0.133. The molecule has 0 spiro atoms. The Bertz CT molecular complexity index is 653. The van der Waals surface area contributed by atoms with Gasteiger partial charge in [0.15, 0.2) is 0 Å². The maximum atomic E-state index is 14.1. The average molecular weight is 271 g/mol. The molecule has 1 heterocycles. The van der Waals surface area contributed by atoms with Crippen molar-refractivity contribution in [2.24, 2.45) is 4.99 Å². The molecule has 1 aliphatic rings. The third-order valence-corrected chi connectivity index (χ3v) is 3.06. The molecule has 0 aliphatic carbocycles. The molecule has 0 amide bonds. The second-order valence-corrected chi connectivity index (χ2v) is 4.52. The van der Waals surface area contributed by atoms with E-state index in [0.717, 1.165) is 24.5 Å². The number of hydrogen-bond donors (Lipinski definition) is 3. The van der Waals surface area contributed by atoms with Gasteiger partial charge in [-0.1, -0.05) is 0 Å². The second kappa shape index (κ2) is 5.21. The van der Waals surface area contributed by atoms with Crippen LogP contribution in [0.15, 0.2) is 47.5 Å². The number of phenolic OH excluding ortho intramolecular Hbond substituents is 1. The van der Waals surface area contributed by atoms with E-state index in [2.05, 4.69) is 15.6 Å². The van der Waals surface area contributed by atoms with Gasteiger partial charge in [0.1, 0.15) is 17.4 Å². The molecular formula is C15H14FN3O. The zero-order valence-electron chi connectivity index (χ0n) is 10.7. The number of hydrogen-bond acceptors (Lipinski definition) is 4. The Morgan fingerprint density at radius 2 is 1.95 bits per heavy atom. The standard InChI is InChI=1S/C15H14FN3O/c16-13-9-10(15-17-7-8-18-15)1-6-14(13)19-11-2-4-12(20)5-3-11/h1-6,9,19-20H,7-8H2,(H,17,18). The highest BCUT2D eigenvalue weighted by Gasteiger charge is 2.11. The van der Waals surface area contributed by atoms with Gasteiger partial charge in [-0.05, 0) is 42.5 Å². The van der Waals surface area contributed by atoms with Crippen molar-refractivity contribution >= 4 is 17.2 Å². The van der Waals surface area contributed by atoms with Crippen molar-refractivity contribution in [1.82, 2.24) is 5.32 Å². The lowest BCUT2D eigenvalue weighted by Crippen LogP contribution is -2.19. The van der Waals surface area contributed by atoms with Crippen molar-refractivity contribution in [3.8, 4) is 5.75 Å². The molecule has 0 unspecified atom stereocenters. The van der Waals surface area contributed by atoms with E-state index in [1.165, 1.54) is 6.07 Å². The lowest BCUT2D eigenvalue weighted by atomic mass is 10.1. The minimum atomic E-state index is -0.341. The maximum absolute atomic E-state index is 14.1. The molecule has 2 aromatic carbocycles. The van der Waals surface area contributed by atoms with Crippen LogP contribution >= 0.6 is 0 Å². The van der Waals surface area contributed by atoms with Crippen LogP contribution in [0.5, 0.6) is 5.75 Å². The van der Waals surface area contributed by atoms with Crippen molar-refractivity contribution in [2.75, 3.05) is 18.4 Å². The van der Waals surface area contributed by atoms with Gasteiger partial charge < -0.3 is 15.7 Å². The third-order valence-electron chi connectivity index (χ3n) is 3.06.